The number of imidazole rings is 1. The number of carbonyl (C=O) groups excluding carboxylic acids is 1. The van der Waals surface area contributed by atoms with Gasteiger partial charge in [-0.1, -0.05) is 19.8 Å². The Balaban J connectivity index is 1.85. The molecule has 7 nitrogen and oxygen atoms in total. The van der Waals surface area contributed by atoms with Crippen molar-refractivity contribution in [2.75, 3.05) is 16.8 Å². The van der Waals surface area contributed by atoms with Gasteiger partial charge in [0.25, 0.3) is 0 Å². The number of nitrogens with zero attached hydrogens (tertiary/aromatic N) is 6. The van der Waals surface area contributed by atoms with Crippen LogP contribution in [0.25, 0.3) is 5.95 Å². The van der Waals surface area contributed by atoms with Gasteiger partial charge in [-0.25, -0.2) is 9.97 Å². The molecule has 0 N–H and O–H groups in total. The minimum Gasteiger partial charge on any atom is -0.359 e. The number of hydrogen-bond acceptors (Lipinski definition) is 6. The normalized spacial score (nSPS) is 23.8. The number of fused-ring (bicyclic) bond motifs is 1. The van der Waals surface area contributed by atoms with Gasteiger partial charge in [0.15, 0.2) is 5.82 Å². The predicted molar refractivity (Wildman–Crippen MR) is 96.2 cm³/mol. The number of aromatic nitrogens is 4. The van der Waals surface area contributed by atoms with Crippen LogP contribution < -0.4 is 9.80 Å². The summed E-state index contributed by atoms with van der Waals surface area (Å²) in [4.78, 5) is 29.7. The molecular formula is C18H24N6O. The van der Waals surface area contributed by atoms with Gasteiger partial charge in [-0.05, 0) is 19.3 Å². The minimum atomic E-state index is -0.166. The fraction of sp³-hybridized carbons (Fsp3) is 0.556. The quantitative estimate of drug-likeness (QED) is 0.795. The SMILES string of the molecule is CCC1C(C=O)N(C)c2cnc(-n3ccnc3)nc2N1C1CCCC1. The van der Waals surface area contributed by atoms with E-state index in [9.17, 15) is 4.79 Å². The summed E-state index contributed by atoms with van der Waals surface area (Å²) in [6.45, 7) is 2.15. The van der Waals surface area contributed by atoms with Crippen molar-refractivity contribution >= 4 is 17.8 Å². The molecule has 0 radical (unpaired) electrons. The molecule has 3 heterocycles. The van der Waals surface area contributed by atoms with E-state index in [1.165, 1.54) is 12.8 Å². The number of carbonyl (C=O) groups is 1. The Kier molecular flexibility index (Phi) is 4.15. The highest BCUT2D eigenvalue weighted by atomic mass is 16.1. The summed E-state index contributed by atoms with van der Waals surface area (Å²) in [5.41, 5.74) is 0.928. The smallest absolute Gasteiger partial charge is 0.236 e. The highest BCUT2D eigenvalue weighted by molar-refractivity contribution is 5.79. The van der Waals surface area contributed by atoms with E-state index in [0.29, 0.717) is 12.0 Å². The molecule has 0 aromatic carbocycles. The van der Waals surface area contributed by atoms with E-state index in [0.717, 1.165) is 37.1 Å². The van der Waals surface area contributed by atoms with Gasteiger partial charge in [0, 0.05) is 25.5 Å². The summed E-state index contributed by atoms with van der Waals surface area (Å²) < 4.78 is 1.82. The van der Waals surface area contributed by atoms with E-state index < -0.39 is 0 Å². The Hall–Kier alpha value is -2.44. The van der Waals surface area contributed by atoms with Crippen molar-refractivity contribution in [1.82, 2.24) is 19.5 Å². The Labute approximate surface area is 147 Å². The van der Waals surface area contributed by atoms with Gasteiger partial charge < -0.3 is 14.6 Å². The Bertz CT molecular complexity index is 740. The van der Waals surface area contributed by atoms with Crippen LogP contribution in [-0.2, 0) is 4.79 Å². The number of aldehydes is 1. The molecule has 2 aromatic heterocycles. The molecule has 0 saturated heterocycles. The summed E-state index contributed by atoms with van der Waals surface area (Å²) in [7, 11) is 1.97. The maximum atomic E-state index is 11.8. The van der Waals surface area contributed by atoms with Gasteiger partial charge >= 0.3 is 0 Å². The summed E-state index contributed by atoms with van der Waals surface area (Å²) in [6, 6.07) is 0.426. The van der Waals surface area contributed by atoms with Crippen molar-refractivity contribution in [1.29, 1.82) is 0 Å². The lowest BCUT2D eigenvalue weighted by Gasteiger charge is -2.48. The van der Waals surface area contributed by atoms with E-state index in [2.05, 4.69) is 21.8 Å². The Morgan fingerprint density at radius 1 is 1.32 bits per heavy atom. The fourth-order valence-corrected chi connectivity index (χ4v) is 4.28. The second kappa shape index (κ2) is 6.46. The summed E-state index contributed by atoms with van der Waals surface area (Å²) >= 11 is 0. The van der Waals surface area contributed by atoms with Crippen LogP contribution in [-0.4, -0.2) is 51.0 Å². The van der Waals surface area contributed by atoms with Crippen LogP contribution in [0, 0.1) is 0 Å². The molecular weight excluding hydrogens is 316 g/mol. The average Bonchev–Trinajstić information content (AvgIpc) is 3.34. The first kappa shape index (κ1) is 16.1. The molecule has 0 bridgehead atoms. The molecule has 132 valence electrons. The Morgan fingerprint density at radius 2 is 2.12 bits per heavy atom. The number of hydrogen-bond donors (Lipinski definition) is 0. The first-order valence-corrected chi connectivity index (χ1v) is 9.06. The first-order valence-electron chi connectivity index (χ1n) is 9.06. The number of anilines is 2. The van der Waals surface area contributed by atoms with Crippen molar-refractivity contribution < 1.29 is 4.79 Å². The highest BCUT2D eigenvalue weighted by Gasteiger charge is 2.41. The molecule has 1 aliphatic carbocycles. The van der Waals surface area contributed by atoms with Crippen LogP contribution in [0.15, 0.2) is 24.9 Å². The maximum absolute atomic E-state index is 11.8. The molecule has 4 rings (SSSR count). The van der Waals surface area contributed by atoms with E-state index in [-0.39, 0.29) is 12.1 Å². The van der Waals surface area contributed by atoms with Crippen molar-refractivity contribution in [2.24, 2.45) is 0 Å². The average molecular weight is 340 g/mol. The molecule has 7 heteroatoms. The largest absolute Gasteiger partial charge is 0.359 e. The van der Waals surface area contributed by atoms with Gasteiger partial charge in [-0.2, -0.15) is 4.98 Å². The van der Waals surface area contributed by atoms with Crippen LogP contribution >= 0.6 is 0 Å². The van der Waals surface area contributed by atoms with Gasteiger partial charge in [0.1, 0.15) is 18.7 Å². The van der Waals surface area contributed by atoms with E-state index in [4.69, 9.17) is 4.98 Å². The standard InChI is InChI=1S/C18H24N6O/c1-3-14-16(11-25)22(2)15-10-20-18(23-9-8-19-12-23)21-17(15)24(14)13-6-4-5-7-13/h8-14,16H,3-7H2,1-2H3. The second-order valence-electron chi connectivity index (χ2n) is 6.91. The summed E-state index contributed by atoms with van der Waals surface area (Å²) in [5.74, 6) is 1.56. The molecule has 0 amide bonds. The van der Waals surface area contributed by atoms with Crippen LogP contribution in [0.5, 0.6) is 0 Å². The third-order valence-electron chi connectivity index (χ3n) is 5.57. The number of rotatable bonds is 4. The van der Waals surface area contributed by atoms with Gasteiger partial charge in [-0.3, -0.25) is 4.57 Å². The molecule has 2 aromatic rings. The maximum Gasteiger partial charge on any atom is 0.236 e. The van der Waals surface area contributed by atoms with Crippen LogP contribution in [0.1, 0.15) is 39.0 Å². The summed E-state index contributed by atoms with van der Waals surface area (Å²) in [5, 5.41) is 0. The zero-order chi connectivity index (χ0) is 17.4. The predicted octanol–water partition coefficient (Wildman–Crippen LogP) is 2.21. The van der Waals surface area contributed by atoms with Crippen molar-refractivity contribution in [3.8, 4) is 5.95 Å². The third-order valence-corrected chi connectivity index (χ3v) is 5.57. The van der Waals surface area contributed by atoms with Crippen molar-refractivity contribution in [3.63, 3.8) is 0 Å². The molecule has 0 spiro atoms. The number of likely N-dealkylation sites (N-methyl/N-ethyl adjacent to an activating group) is 1. The molecule has 1 saturated carbocycles. The lowest BCUT2D eigenvalue weighted by atomic mass is 9.97. The van der Waals surface area contributed by atoms with Gasteiger partial charge in [-0.15, -0.1) is 0 Å². The molecule has 2 unspecified atom stereocenters. The lowest BCUT2D eigenvalue weighted by Crippen LogP contribution is -2.58. The zero-order valence-electron chi connectivity index (χ0n) is 14.7. The van der Waals surface area contributed by atoms with Gasteiger partial charge in [0.05, 0.1) is 17.9 Å². The van der Waals surface area contributed by atoms with E-state index in [1.54, 1.807) is 12.5 Å². The van der Waals surface area contributed by atoms with Crippen LogP contribution in [0.4, 0.5) is 11.5 Å². The zero-order valence-corrected chi connectivity index (χ0v) is 14.7. The molecule has 1 fully saturated rings. The minimum absolute atomic E-state index is 0.142. The first-order chi connectivity index (χ1) is 12.2. The second-order valence-corrected chi connectivity index (χ2v) is 6.91. The Morgan fingerprint density at radius 3 is 2.76 bits per heavy atom. The van der Waals surface area contributed by atoms with Crippen molar-refractivity contribution in [2.45, 2.75) is 57.2 Å². The fourth-order valence-electron chi connectivity index (χ4n) is 4.28. The van der Waals surface area contributed by atoms with E-state index >= 15 is 0 Å². The van der Waals surface area contributed by atoms with Crippen molar-refractivity contribution in [3.05, 3.63) is 24.9 Å². The monoisotopic (exact) mass is 340 g/mol. The third kappa shape index (κ3) is 2.58. The topological polar surface area (TPSA) is 67.2 Å². The molecule has 1 aliphatic heterocycles. The lowest BCUT2D eigenvalue weighted by molar-refractivity contribution is -0.109. The molecule has 2 atom stereocenters. The van der Waals surface area contributed by atoms with Crippen LogP contribution in [0.3, 0.4) is 0 Å². The van der Waals surface area contributed by atoms with Crippen LogP contribution in [0.2, 0.25) is 0 Å². The highest BCUT2D eigenvalue weighted by Crippen LogP contribution is 2.41. The van der Waals surface area contributed by atoms with E-state index in [1.807, 2.05) is 28.9 Å². The molecule has 25 heavy (non-hydrogen) atoms. The van der Waals surface area contributed by atoms with Gasteiger partial charge in [0.2, 0.25) is 5.95 Å². The molecule has 2 aliphatic rings. The summed E-state index contributed by atoms with van der Waals surface area (Å²) in [6.07, 6.45) is 13.9.